The Morgan fingerprint density at radius 2 is 1.94 bits per heavy atom. The number of carbonyl (C=O) groups is 2. The van der Waals surface area contributed by atoms with Crippen LogP contribution < -0.4 is 11.2 Å². The van der Waals surface area contributed by atoms with Gasteiger partial charge in [0, 0.05) is 10.6 Å². The SMILES string of the molecule is CC[Si](C)(C)C1(C(=O)Nc2n[nH]c3c2CN(C(=O)N(N)[C@H](CO)c2ccccc2)C3(C)C)CCC1. The highest BCUT2D eigenvalue weighted by atomic mass is 28.3. The zero-order chi connectivity index (χ0) is 25.6. The molecule has 10 heteroatoms. The first-order chi connectivity index (χ1) is 16.5. The third-order valence-corrected chi connectivity index (χ3v) is 13.8. The molecule has 1 aromatic heterocycles. The number of aromatic nitrogens is 2. The van der Waals surface area contributed by atoms with Crippen molar-refractivity contribution in [2.24, 2.45) is 5.84 Å². The van der Waals surface area contributed by atoms with Crippen LogP contribution in [0.1, 0.15) is 62.9 Å². The van der Waals surface area contributed by atoms with E-state index in [1.807, 2.05) is 44.2 Å². The first-order valence-corrected chi connectivity index (χ1v) is 15.6. The number of hydrogen-bond acceptors (Lipinski definition) is 5. The summed E-state index contributed by atoms with van der Waals surface area (Å²) in [5.74, 6) is 6.82. The third kappa shape index (κ3) is 3.97. The van der Waals surface area contributed by atoms with E-state index in [-0.39, 0.29) is 24.1 Å². The van der Waals surface area contributed by atoms with E-state index in [0.717, 1.165) is 47.1 Å². The second-order valence-electron chi connectivity index (χ2n) is 11.0. The number of aliphatic hydroxyl groups is 1. The van der Waals surface area contributed by atoms with Crippen LogP contribution >= 0.6 is 0 Å². The Kier molecular flexibility index (Phi) is 6.58. The Morgan fingerprint density at radius 1 is 1.29 bits per heavy atom. The van der Waals surface area contributed by atoms with Gasteiger partial charge in [-0.3, -0.25) is 14.9 Å². The molecule has 2 heterocycles. The molecule has 0 unspecified atom stereocenters. The van der Waals surface area contributed by atoms with E-state index in [9.17, 15) is 14.7 Å². The predicted octanol–water partition coefficient (Wildman–Crippen LogP) is 4.08. The van der Waals surface area contributed by atoms with Gasteiger partial charge < -0.3 is 15.3 Å². The maximum atomic E-state index is 13.5. The van der Waals surface area contributed by atoms with Crippen LogP contribution in [0.5, 0.6) is 0 Å². The van der Waals surface area contributed by atoms with Crippen molar-refractivity contribution in [2.75, 3.05) is 11.9 Å². The molecular weight excluding hydrogens is 460 g/mol. The van der Waals surface area contributed by atoms with Crippen molar-refractivity contribution in [3.05, 3.63) is 47.2 Å². The molecule has 1 atom stereocenters. The number of benzene rings is 1. The minimum atomic E-state index is -1.75. The third-order valence-electron chi connectivity index (χ3n) is 8.67. The lowest BCUT2D eigenvalue weighted by atomic mass is 9.83. The van der Waals surface area contributed by atoms with Crippen LogP contribution in [0.2, 0.25) is 24.2 Å². The Bertz CT molecular complexity index is 1100. The molecule has 190 valence electrons. The maximum absolute atomic E-state index is 13.5. The van der Waals surface area contributed by atoms with Gasteiger partial charge in [0.05, 0.1) is 38.5 Å². The Morgan fingerprint density at radius 3 is 2.49 bits per heavy atom. The number of amides is 3. The van der Waals surface area contributed by atoms with Gasteiger partial charge >= 0.3 is 6.03 Å². The number of nitrogens with zero attached hydrogens (tertiary/aromatic N) is 3. The highest BCUT2D eigenvalue weighted by Crippen LogP contribution is 2.57. The van der Waals surface area contributed by atoms with Gasteiger partial charge in [-0.1, -0.05) is 62.8 Å². The molecule has 1 aromatic carbocycles. The first kappa shape index (κ1) is 25.4. The topological polar surface area (TPSA) is 128 Å². The summed E-state index contributed by atoms with van der Waals surface area (Å²) in [5, 5.41) is 21.4. The summed E-state index contributed by atoms with van der Waals surface area (Å²) in [5.41, 5.74) is 1.62. The standard InChI is InChI=1S/C25H38N6O3Si/c1-6-35(4,5)25(13-10-14-25)22(33)27-21-18-15-30(24(2,3)20(18)28-29-21)23(34)31(26)19(16-32)17-11-8-7-9-12-17/h7-9,11-12,19,32H,6,10,13-16,26H2,1-5H3,(H2,27,28,29,33)/t19-/m1/s1. The molecule has 5 N–H and O–H groups in total. The van der Waals surface area contributed by atoms with Crippen LogP contribution in [0, 0.1) is 0 Å². The number of H-pyrrole nitrogens is 1. The van der Waals surface area contributed by atoms with Gasteiger partial charge in [-0.15, -0.1) is 0 Å². The predicted molar refractivity (Wildman–Crippen MR) is 138 cm³/mol. The maximum Gasteiger partial charge on any atom is 0.335 e. The molecule has 4 rings (SSSR count). The van der Waals surface area contributed by atoms with Crippen molar-refractivity contribution >= 4 is 25.8 Å². The van der Waals surface area contributed by atoms with Gasteiger partial charge in [-0.25, -0.2) is 10.6 Å². The van der Waals surface area contributed by atoms with Crippen molar-refractivity contribution in [1.82, 2.24) is 20.1 Å². The Labute approximate surface area is 208 Å². The summed E-state index contributed by atoms with van der Waals surface area (Å²) >= 11 is 0. The van der Waals surface area contributed by atoms with Crippen molar-refractivity contribution < 1.29 is 14.7 Å². The van der Waals surface area contributed by atoms with Crippen molar-refractivity contribution in [1.29, 1.82) is 0 Å². The summed E-state index contributed by atoms with van der Waals surface area (Å²) in [7, 11) is -1.75. The van der Waals surface area contributed by atoms with E-state index in [0.29, 0.717) is 5.82 Å². The smallest absolute Gasteiger partial charge is 0.335 e. The molecule has 1 fully saturated rings. The molecule has 1 aliphatic heterocycles. The lowest BCUT2D eigenvalue weighted by molar-refractivity contribution is -0.121. The number of hydrazine groups is 1. The number of nitrogens with two attached hydrogens (primary N) is 1. The molecule has 35 heavy (non-hydrogen) atoms. The number of carbonyl (C=O) groups excluding carboxylic acids is 2. The van der Waals surface area contributed by atoms with Crippen LogP contribution in [-0.4, -0.2) is 51.8 Å². The quantitative estimate of drug-likeness (QED) is 0.198. The van der Waals surface area contributed by atoms with Crippen molar-refractivity contribution in [2.45, 2.75) is 82.3 Å². The van der Waals surface area contributed by atoms with Crippen LogP contribution in [0.4, 0.5) is 10.6 Å². The van der Waals surface area contributed by atoms with E-state index in [1.165, 1.54) is 0 Å². The Hall–Kier alpha value is -2.69. The number of hydrogen-bond donors (Lipinski definition) is 4. The summed E-state index contributed by atoms with van der Waals surface area (Å²) < 4.78 is 0. The average Bonchev–Trinajstić information content (AvgIpc) is 3.31. The number of urea groups is 1. The zero-order valence-corrected chi connectivity index (χ0v) is 22.4. The first-order valence-electron chi connectivity index (χ1n) is 12.4. The fourth-order valence-corrected chi connectivity index (χ4v) is 8.60. The number of nitrogens with one attached hydrogen (secondary N) is 2. The van der Waals surface area contributed by atoms with E-state index < -0.39 is 25.7 Å². The van der Waals surface area contributed by atoms with Gasteiger partial charge in [0.2, 0.25) is 5.91 Å². The largest absolute Gasteiger partial charge is 0.394 e. The highest BCUT2D eigenvalue weighted by Gasteiger charge is 2.55. The number of anilines is 1. The van der Waals surface area contributed by atoms with Crippen molar-refractivity contribution in [3.63, 3.8) is 0 Å². The van der Waals surface area contributed by atoms with E-state index in [4.69, 9.17) is 5.84 Å². The summed E-state index contributed by atoms with van der Waals surface area (Å²) in [6, 6.07) is 9.20. The average molecular weight is 499 g/mol. The summed E-state index contributed by atoms with van der Waals surface area (Å²) in [6.45, 7) is 10.6. The zero-order valence-electron chi connectivity index (χ0n) is 21.4. The van der Waals surface area contributed by atoms with E-state index >= 15 is 0 Å². The molecule has 1 aliphatic carbocycles. The molecule has 0 radical (unpaired) electrons. The van der Waals surface area contributed by atoms with Crippen LogP contribution in [0.25, 0.3) is 0 Å². The molecule has 1 saturated carbocycles. The number of rotatable bonds is 7. The van der Waals surface area contributed by atoms with E-state index in [1.54, 1.807) is 4.90 Å². The van der Waals surface area contributed by atoms with Crippen LogP contribution in [0.3, 0.4) is 0 Å². The lowest BCUT2D eigenvalue weighted by Crippen LogP contribution is -2.53. The number of fused-ring (bicyclic) bond motifs is 1. The van der Waals surface area contributed by atoms with Gasteiger partial charge in [-0.05, 0) is 32.3 Å². The van der Waals surface area contributed by atoms with Crippen LogP contribution in [-0.2, 0) is 16.9 Å². The molecule has 2 aromatic rings. The summed E-state index contributed by atoms with van der Waals surface area (Å²) in [4.78, 5) is 28.7. The van der Waals surface area contributed by atoms with Gasteiger partial charge in [0.25, 0.3) is 0 Å². The molecule has 3 amide bonds. The molecule has 9 nitrogen and oxygen atoms in total. The Balaban J connectivity index is 1.56. The number of aromatic amines is 1. The second-order valence-corrected chi connectivity index (χ2v) is 16.4. The molecule has 0 spiro atoms. The van der Waals surface area contributed by atoms with Gasteiger partial charge in [0.1, 0.15) is 0 Å². The van der Waals surface area contributed by atoms with E-state index in [2.05, 4.69) is 35.5 Å². The number of aliphatic hydroxyl groups excluding tert-OH is 1. The second kappa shape index (κ2) is 9.07. The highest BCUT2D eigenvalue weighted by molar-refractivity contribution is 6.84. The molecular formula is C25H38N6O3Si. The monoisotopic (exact) mass is 498 g/mol. The molecule has 0 saturated heterocycles. The molecule has 2 aliphatic rings. The van der Waals surface area contributed by atoms with Crippen LogP contribution in [0.15, 0.2) is 30.3 Å². The fourth-order valence-electron chi connectivity index (χ4n) is 5.53. The van der Waals surface area contributed by atoms with Gasteiger partial charge in [0.15, 0.2) is 5.82 Å². The minimum absolute atomic E-state index is 0.0593. The minimum Gasteiger partial charge on any atom is -0.394 e. The lowest BCUT2D eigenvalue weighted by Gasteiger charge is -2.50. The normalized spacial score (nSPS) is 19.0. The van der Waals surface area contributed by atoms with Crippen molar-refractivity contribution in [3.8, 4) is 0 Å². The molecule has 0 bridgehead atoms. The summed E-state index contributed by atoms with van der Waals surface area (Å²) in [6.07, 6.45) is 2.94. The fraction of sp³-hybridized carbons (Fsp3) is 0.560. The van der Waals surface area contributed by atoms with Gasteiger partial charge in [-0.2, -0.15) is 5.10 Å².